The van der Waals surface area contributed by atoms with E-state index in [0.29, 0.717) is 29.4 Å². The van der Waals surface area contributed by atoms with Crippen LogP contribution >= 0.6 is 11.6 Å². The van der Waals surface area contributed by atoms with E-state index in [2.05, 4.69) is 10.0 Å². The van der Waals surface area contributed by atoms with Crippen LogP contribution in [-0.2, 0) is 21.2 Å². The zero-order valence-electron chi connectivity index (χ0n) is 16.0. The first kappa shape index (κ1) is 21.8. The summed E-state index contributed by atoms with van der Waals surface area (Å²) in [6.07, 6.45) is 0.599. The van der Waals surface area contributed by atoms with E-state index in [1.807, 2.05) is 30.3 Å². The smallest absolute Gasteiger partial charge is 0.262 e. The van der Waals surface area contributed by atoms with Gasteiger partial charge in [-0.2, -0.15) is 0 Å². The number of sulfonamides is 1. The summed E-state index contributed by atoms with van der Waals surface area (Å²) in [7, 11) is -3.62. The van der Waals surface area contributed by atoms with E-state index in [0.717, 1.165) is 5.56 Å². The Hall–Kier alpha value is -2.87. The number of hydrogen-bond acceptors (Lipinski definition) is 4. The van der Waals surface area contributed by atoms with Crippen molar-refractivity contribution in [2.75, 3.05) is 18.5 Å². The van der Waals surface area contributed by atoms with E-state index in [4.69, 9.17) is 16.3 Å². The molecule has 0 unspecified atom stereocenters. The molecule has 3 aromatic carbocycles. The van der Waals surface area contributed by atoms with Gasteiger partial charge in [0.1, 0.15) is 5.75 Å². The third kappa shape index (κ3) is 6.32. The van der Waals surface area contributed by atoms with Crippen LogP contribution in [0.4, 0.5) is 5.69 Å². The van der Waals surface area contributed by atoms with Gasteiger partial charge >= 0.3 is 0 Å². The van der Waals surface area contributed by atoms with Crippen molar-refractivity contribution in [1.82, 2.24) is 4.72 Å². The number of ether oxygens (including phenoxy) is 1. The van der Waals surface area contributed by atoms with Crippen LogP contribution in [0.15, 0.2) is 83.8 Å². The van der Waals surface area contributed by atoms with Crippen LogP contribution in [0.25, 0.3) is 0 Å². The molecule has 0 atom stereocenters. The van der Waals surface area contributed by atoms with Gasteiger partial charge in [0, 0.05) is 6.54 Å². The van der Waals surface area contributed by atoms with Gasteiger partial charge in [0.15, 0.2) is 6.61 Å². The number of carbonyl (C=O) groups excluding carboxylic acids is 1. The lowest BCUT2D eigenvalue weighted by molar-refractivity contribution is -0.118. The van der Waals surface area contributed by atoms with Crippen LogP contribution < -0.4 is 14.8 Å². The van der Waals surface area contributed by atoms with Crippen molar-refractivity contribution in [3.63, 3.8) is 0 Å². The molecule has 0 heterocycles. The number of rotatable bonds is 9. The minimum Gasteiger partial charge on any atom is -0.484 e. The van der Waals surface area contributed by atoms with Crippen molar-refractivity contribution in [3.8, 4) is 5.75 Å². The molecule has 0 fully saturated rings. The van der Waals surface area contributed by atoms with Gasteiger partial charge in [-0.05, 0) is 48.4 Å². The Morgan fingerprint density at radius 3 is 2.27 bits per heavy atom. The van der Waals surface area contributed by atoms with E-state index >= 15 is 0 Å². The van der Waals surface area contributed by atoms with E-state index in [9.17, 15) is 13.2 Å². The van der Waals surface area contributed by atoms with Gasteiger partial charge in [-0.15, -0.1) is 0 Å². The molecule has 3 aromatic rings. The largest absolute Gasteiger partial charge is 0.484 e. The summed E-state index contributed by atoms with van der Waals surface area (Å²) in [5, 5.41) is 3.08. The first-order chi connectivity index (χ1) is 14.4. The van der Waals surface area contributed by atoms with Gasteiger partial charge in [-0.1, -0.05) is 54.1 Å². The summed E-state index contributed by atoms with van der Waals surface area (Å²) in [6.45, 7) is 0.0689. The van der Waals surface area contributed by atoms with Crippen LogP contribution in [-0.4, -0.2) is 27.5 Å². The molecule has 0 saturated heterocycles. The molecule has 0 aliphatic rings. The van der Waals surface area contributed by atoms with E-state index in [-0.39, 0.29) is 17.4 Å². The molecule has 6 nitrogen and oxygen atoms in total. The van der Waals surface area contributed by atoms with E-state index < -0.39 is 10.0 Å². The van der Waals surface area contributed by atoms with Gasteiger partial charge in [-0.3, -0.25) is 4.79 Å². The van der Waals surface area contributed by atoms with Crippen LogP contribution in [0.2, 0.25) is 5.02 Å². The molecule has 0 bridgehead atoms. The Labute approximate surface area is 180 Å². The summed E-state index contributed by atoms with van der Waals surface area (Å²) in [6, 6.07) is 22.4. The van der Waals surface area contributed by atoms with Crippen LogP contribution in [0.1, 0.15) is 5.56 Å². The predicted octanol–water partition coefficient (Wildman–Crippen LogP) is 3.88. The number of hydrogen-bond donors (Lipinski definition) is 2. The zero-order valence-corrected chi connectivity index (χ0v) is 17.6. The van der Waals surface area contributed by atoms with Crippen LogP contribution in [0, 0.1) is 0 Å². The van der Waals surface area contributed by atoms with Crippen molar-refractivity contribution in [3.05, 3.63) is 89.4 Å². The van der Waals surface area contributed by atoms with Gasteiger partial charge in [0.2, 0.25) is 10.0 Å². The molecule has 0 aliphatic carbocycles. The Bertz CT molecular complexity index is 1090. The number of amides is 1. The highest BCUT2D eigenvalue weighted by Gasteiger charge is 2.14. The lowest BCUT2D eigenvalue weighted by Gasteiger charge is -2.10. The average Bonchev–Trinajstić information content (AvgIpc) is 2.75. The normalized spacial score (nSPS) is 11.1. The molecule has 2 N–H and O–H groups in total. The molecule has 1 amide bonds. The Balaban J connectivity index is 1.50. The van der Waals surface area contributed by atoms with Crippen LogP contribution in [0.5, 0.6) is 5.75 Å². The lowest BCUT2D eigenvalue weighted by atomic mass is 10.2. The van der Waals surface area contributed by atoms with Crippen molar-refractivity contribution < 1.29 is 17.9 Å². The van der Waals surface area contributed by atoms with Gasteiger partial charge in [0.05, 0.1) is 15.6 Å². The van der Waals surface area contributed by atoms with Gasteiger partial charge in [0.25, 0.3) is 5.91 Å². The van der Waals surface area contributed by atoms with Crippen molar-refractivity contribution in [2.45, 2.75) is 11.3 Å². The first-order valence-electron chi connectivity index (χ1n) is 9.25. The van der Waals surface area contributed by atoms with Crippen molar-refractivity contribution in [1.29, 1.82) is 0 Å². The summed E-state index contributed by atoms with van der Waals surface area (Å²) in [5.74, 6) is 0.00919. The molecule has 3 rings (SSSR count). The highest BCUT2D eigenvalue weighted by Crippen LogP contribution is 2.20. The monoisotopic (exact) mass is 444 g/mol. The number of benzene rings is 3. The second kappa shape index (κ2) is 10.2. The highest BCUT2D eigenvalue weighted by atomic mass is 35.5. The number of nitrogens with one attached hydrogen (secondary N) is 2. The molecule has 0 saturated carbocycles. The average molecular weight is 445 g/mol. The molecular weight excluding hydrogens is 424 g/mol. The number of halogens is 1. The first-order valence-corrected chi connectivity index (χ1v) is 11.1. The molecule has 0 spiro atoms. The highest BCUT2D eigenvalue weighted by molar-refractivity contribution is 7.89. The minimum absolute atomic E-state index is 0.128. The molecular formula is C22H21ClN2O4S. The van der Waals surface area contributed by atoms with E-state index in [1.54, 1.807) is 24.3 Å². The quantitative estimate of drug-likeness (QED) is 0.524. The molecule has 8 heteroatoms. The summed E-state index contributed by atoms with van der Waals surface area (Å²) >= 11 is 6.00. The SMILES string of the molecule is O=C(COc1ccc(S(=O)(=O)NCCc2ccccc2)cc1)Nc1ccccc1Cl. The maximum Gasteiger partial charge on any atom is 0.262 e. The van der Waals surface area contributed by atoms with Gasteiger partial charge in [-0.25, -0.2) is 13.1 Å². The maximum absolute atomic E-state index is 12.4. The fourth-order valence-corrected chi connectivity index (χ4v) is 3.89. The Morgan fingerprint density at radius 2 is 1.57 bits per heavy atom. The number of anilines is 1. The third-order valence-corrected chi connectivity index (χ3v) is 6.01. The molecule has 0 aromatic heterocycles. The maximum atomic E-state index is 12.4. The standard InChI is InChI=1S/C22H21ClN2O4S/c23-20-8-4-5-9-21(20)25-22(26)16-29-18-10-12-19(13-11-18)30(27,28)24-15-14-17-6-2-1-3-7-17/h1-13,24H,14-16H2,(H,25,26). The third-order valence-electron chi connectivity index (χ3n) is 4.20. The van der Waals surface area contributed by atoms with Crippen molar-refractivity contribution in [2.24, 2.45) is 0 Å². The number of para-hydroxylation sites is 1. The summed E-state index contributed by atoms with van der Waals surface area (Å²) in [5.41, 5.74) is 1.55. The second-order valence-corrected chi connectivity index (χ2v) is 8.60. The van der Waals surface area contributed by atoms with Gasteiger partial charge < -0.3 is 10.1 Å². The van der Waals surface area contributed by atoms with E-state index in [1.165, 1.54) is 24.3 Å². The molecule has 0 radical (unpaired) electrons. The predicted molar refractivity (Wildman–Crippen MR) is 117 cm³/mol. The topological polar surface area (TPSA) is 84.5 Å². The minimum atomic E-state index is -3.62. The Morgan fingerprint density at radius 1 is 0.900 bits per heavy atom. The van der Waals surface area contributed by atoms with Crippen molar-refractivity contribution >= 4 is 33.2 Å². The number of carbonyl (C=O) groups is 1. The van der Waals surface area contributed by atoms with Crippen LogP contribution in [0.3, 0.4) is 0 Å². The fourth-order valence-electron chi connectivity index (χ4n) is 2.67. The fraction of sp³-hybridized carbons (Fsp3) is 0.136. The zero-order chi connectivity index (χ0) is 21.4. The molecule has 156 valence electrons. The lowest BCUT2D eigenvalue weighted by Crippen LogP contribution is -2.26. The second-order valence-electron chi connectivity index (χ2n) is 6.42. The molecule has 30 heavy (non-hydrogen) atoms. The summed E-state index contributed by atoms with van der Waals surface area (Å²) in [4.78, 5) is 12.1. The summed E-state index contributed by atoms with van der Waals surface area (Å²) < 4.78 is 32.8. The Kier molecular flexibility index (Phi) is 7.46. The molecule has 0 aliphatic heterocycles.